The molecule has 29 heavy (non-hydrogen) atoms. The molecule has 1 aliphatic heterocycles. The van der Waals surface area contributed by atoms with Crippen molar-refractivity contribution in [1.82, 2.24) is 0 Å². The molecule has 4 nitrogen and oxygen atoms in total. The fourth-order valence-electron chi connectivity index (χ4n) is 3.54. The first-order valence-electron chi connectivity index (χ1n) is 9.06. The Morgan fingerprint density at radius 1 is 1.07 bits per heavy atom. The maximum atomic E-state index is 13.1. The number of carbonyl (C=O) groups excluding carboxylic acids is 2. The molecule has 1 atom stereocenters. The molecule has 1 unspecified atom stereocenters. The van der Waals surface area contributed by atoms with E-state index in [2.05, 4.69) is 0 Å². The number of aryl methyl sites for hydroxylation is 2. The van der Waals surface area contributed by atoms with E-state index in [0.717, 1.165) is 16.0 Å². The van der Waals surface area contributed by atoms with Crippen LogP contribution < -0.4 is 4.90 Å². The van der Waals surface area contributed by atoms with Crippen molar-refractivity contribution in [1.29, 1.82) is 0 Å². The van der Waals surface area contributed by atoms with Crippen LogP contribution in [0.5, 0.6) is 0 Å². The number of rotatable bonds is 3. The van der Waals surface area contributed by atoms with Crippen molar-refractivity contribution in [3.63, 3.8) is 0 Å². The molecule has 2 heterocycles. The van der Waals surface area contributed by atoms with E-state index in [9.17, 15) is 14.7 Å². The van der Waals surface area contributed by atoms with Crippen molar-refractivity contribution < 1.29 is 14.7 Å². The fourth-order valence-corrected chi connectivity index (χ4v) is 4.49. The summed E-state index contributed by atoms with van der Waals surface area (Å²) in [6.07, 6.45) is 0. The van der Waals surface area contributed by atoms with Gasteiger partial charge in [0.05, 0.1) is 5.57 Å². The van der Waals surface area contributed by atoms with Gasteiger partial charge in [0.2, 0.25) is 0 Å². The van der Waals surface area contributed by atoms with E-state index in [1.807, 2.05) is 49.6 Å². The first-order chi connectivity index (χ1) is 13.9. The van der Waals surface area contributed by atoms with Gasteiger partial charge in [-0.05, 0) is 66.8 Å². The van der Waals surface area contributed by atoms with Gasteiger partial charge in [-0.25, -0.2) is 0 Å². The standard InChI is InChI=1S/C23H18ClNO3S/c1-13-5-6-14(2)17(12-13)25-20(18-4-3-11-29-18)19(22(27)23(25)28)21(26)15-7-9-16(24)10-8-15/h3-12,20,26H,1-2H3/b21-19-. The van der Waals surface area contributed by atoms with Gasteiger partial charge in [-0.1, -0.05) is 29.8 Å². The molecule has 0 aliphatic carbocycles. The number of hydrogen-bond acceptors (Lipinski definition) is 4. The van der Waals surface area contributed by atoms with Crippen LogP contribution in [0.2, 0.25) is 5.02 Å². The zero-order valence-corrected chi connectivity index (χ0v) is 17.4. The normalized spacial score (nSPS) is 18.4. The van der Waals surface area contributed by atoms with Crippen LogP contribution in [0, 0.1) is 13.8 Å². The maximum absolute atomic E-state index is 13.1. The Balaban J connectivity index is 1.95. The molecular formula is C23H18ClNO3S. The van der Waals surface area contributed by atoms with Crippen molar-refractivity contribution in [2.24, 2.45) is 0 Å². The van der Waals surface area contributed by atoms with Crippen LogP contribution in [0.25, 0.3) is 5.76 Å². The average molecular weight is 424 g/mol. The van der Waals surface area contributed by atoms with Gasteiger partial charge >= 0.3 is 0 Å². The summed E-state index contributed by atoms with van der Waals surface area (Å²) in [5.74, 6) is -1.55. The van der Waals surface area contributed by atoms with Gasteiger partial charge in [-0.15, -0.1) is 11.3 Å². The predicted molar refractivity (Wildman–Crippen MR) is 116 cm³/mol. The van der Waals surface area contributed by atoms with E-state index in [0.29, 0.717) is 16.3 Å². The van der Waals surface area contributed by atoms with Crippen molar-refractivity contribution in [2.75, 3.05) is 4.90 Å². The van der Waals surface area contributed by atoms with Crippen LogP contribution in [0.1, 0.15) is 27.6 Å². The Morgan fingerprint density at radius 3 is 2.45 bits per heavy atom. The molecule has 3 aromatic rings. The molecule has 1 amide bonds. The zero-order chi connectivity index (χ0) is 20.7. The number of aliphatic hydroxyl groups is 1. The first kappa shape index (κ1) is 19.4. The van der Waals surface area contributed by atoms with Crippen molar-refractivity contribution >= 4 is 46.1 Å². The molecule has 6 heteroatoms. The van der Waals surface area contributed by atoms with Crippen LogP contribution in [0.15, 0.2) is 65.6 Å². The lowest BCUT2D eigenvalue weighted by atomic mass is 9.99. The molecule has 146 valence electrons. The molecule has 1 aliphatic rings. The van der Waals surface area contributed by atoms with Crippen LogP contribution in [0.4, 0.5) is 5.69 Å². The van der Waals surface area contributed by atoms with Gasteiger partial charge < -0.3 is 5.11 Å². The number of anilines is 1. The number of carbonyl (C=O) groups is 2. The number of Topliss-reactive ketones (excluding diaryl/α,β-unsaturated/α-hetero) is 1. The van der Waals surface area contributed by atoms with Gasteiger partial charge in [0, 0.05) is 21.2 Å². The van der Waals surface area contributed by atoms with E-state index >= 15 is 0 Å². The predicted octanol–water partition coefficient (Wildman–Crippen LogP) is 5.64. The summed E-state index contributed by atoms with van der Waals surface area (Å²) >= 11 is 7.39. The molecule has 0 bridgehead atoms. The molecule has 0 saturated carbocycles. The van der Waals surface area contributed by atoms with Gasteiger partial charge in [0.25, 0.3) is 11.7 Å². The quantitative estimate of drug-likeness (QED) is 0.336. The summed E-state index contributed by atoms with van der Waals surface area (Å²) < 4.78 is 0. The van der Waals surface area contributed by atoms with Gasteiger partial charge in [0.1, 0.15) is 11.8 Å². The highest BCUT2D eigenvalue weighted by molar-refractivity contribution is 7.10. The van der Waals surface area contributed by atoms with Gasteiger partial charge in [0.15, 0.2) is 0 Å². The third-order valence-electron chi connectivity index (χ3n) is 5.00. The second-order valence-electron chi connectivity index (χ2n) is 6.98. The minimum Gasteiger partial charge on any atom is -0.507 e. The zero-order valence-electron chi connectivity index (χ0n) is 15.8. The van der Waals surface area contributed by atoms with Crippen LogP contribution >= 0.6 is 22.9 Å². The SMILES string of the molecule is Cc1ccc(C)c(N2C(=O)C(=O)/C(=C(\O)c3ccc(Cl)cc3)C2c2cccs2)c1. The summed E-state index contributed by atoms with van der Waals surface area (Å²) in [6, 6.07) is 15.4. The van der Waals surface area contributed by atoms with Crippen LogP contribution in [-0.2, 0) is 9.59 Å². The molecule has 4 rings (SSSR count). The first-order valence-corrected chi connectivity index (χ1v) is 10.3. The number of benzene rings is 2. The number of ketones is 1. The average Bonchev–Trinajstić information content (AvgIpc) is 3.31. The molecule has 1 fully saturated rings. The lowest BCUT2D eigenvalue weighted by molar-refractivity contribution is -0.132. The van der Waals surface area contributed by atoms with Crippen molar-refractivity contribution in [3.8, 4) is 0 Å². The number of thiophene rings is 1. The Kier molecular flexibility index (Phi) is 5.03. The Morgan fingerprint density at radius 2 is 1.79 bits per heavy atom. The number of aliphatic hydroxyl groups excluding tert-OH is 1. The summed E-state index contributed by atoms with van der Waals surface area (Å²) in [7, 11) is 0. The van der Waals surface area contributed by atoms with E-state index < -0.39 is 17.7 Å². The molecule has 1 aromatic heterocycles. The Hall–Kier alpha value is -2.89. The summed E-state index contributed by atoms with van der Waals surface area (Å²) in [6.45, 7) is 3.84. The summed E-state index contributed by atoms with van der Waals surface area (Å²) in [5, 5.41) is 13.4. The third-order valence-corrected chi connectivity index (χ3v) is 6.18. The Labute approximate surface area is 177 Å². The molecule has 1 saturated heterocycles. The number of hydrogen-bond donors (Lipinski definition) is 1. The number of nitrogens with zero attached hydrogens (tertiary/aromatic N) is 1. The summed E-state index contributed by atoms with van der Waals surface area (Å²) in [5.41, 5.74) is 3.05. The van der Waals surface area contributed by atoms with Crippen LogP contribution in [0.3, 0.4) is 0 Å². The maximum Gasteiger partial charge on any atom is 0.300 e. The molecule has 0 spiro atoms. The highest BCUT2D eigenvalue weighted by Gasteiger charge is 2.47. The molecule has 1 N–H and O–H groups in total. The largest absolute Gasteiger partial charge is 0.507 e. The lowest BCUT2D eigenvalue weighted by Crippen LogP contribution is -2.29. The minimum atomic E-state index is -0.697. The number of amides is 1. The topological polar surface area (TPSA) is 57.6 Å². The monoisotopic (exact) mass is 423 g/mol. The Bertz CT molecular complexity index is 1130. The highest BCUT2D eigenvalue weighted by Crippen LogP contribution is 2.44. The van der Waals surface area contributed by atoms with E-state index in [1.165, 1.54) is 16.2 Å². The van der Waals surface area contributed by atoms with Gasteiger partial charge in [-0.3, -0.25) is 14.5 Å². The fraction of sp³-hybridized carbons (Fsp3) is 0.130. The molecule has 0 radical (unpaired) electrons. The summed E-state index contributed by atoms with van der Waals surface area (Å²) in [4.78, 5) is 28.4. The lowest BCUT2D eigenvalue weighted by Gasteiger charge is -2.26. The van der Waals surface area contributed by atoms with Gasteiger partial charge in [-0.2, -0.15) is 0 Å². The molecular weight excluding hydrogens is 406 g/mol. The minimum absolute atomic E-state index is 0.0840. The molecule has 2 aromatic carbocycles. The second kappa shape index (κ2) is 7.50. The number of halogens is 1. The second-order valence-corrected chi connectivity index (χ2v) is 8.40. The van der Waals surface area contributed by atoms with E-state index in [4.69, 9.17) is 11.6 Å². The van der Waals surface area contributed by atoms with Crippen LogP contribution in [-0.4, -0.2) is 16.8 Å². The third kappa shape index (κ3) is 3.37. The van der Waals surface area contributed by atoms with E-state index in [1.54, 1.807) is 24.3 Å². The van der Waals surface area contributed by atoms with Crippen molar-refractivity contribution in [2.45, 2.75) is 19.9 Å². The highest BCUT2D eigenvalue weighted by atomic mass is 35.5. The smallest absolute Gasteiger partial charge is 0.300 e. The van der Waals surface area contributed by atoms with Crippen molar-refractivity contribution in [3.05, 3.63) is 92.1 Å². The van der Waals surface area contributed by atoms with E-state index in [-0.39, 0.29) is 11.3 Å².